The first-order valence-corrected chi connectivity index (χ1v) is 7.87. The van der Waals surface area contributed by atoms with Crippen molar-refractivity contribution in [2.75, 3.05) is 6.61 Å². The van der Waals surface area contributed by atoms with Crippen LogP contribution in [0.1, 0.15) is 55.7 Å². The van der Waals surface area contributed by atoms with Crippen molar-refractivity contribution in [3.8, 4) is 5.75 Å². The van der Waals surface area contributed by atoms with Crippen molar-refractivity contribution >= 4 is 0 Å². The number of unbranched alkanes of at least 4 members (excludes halogenated alkanes) is 1. The van der Waals surface area contributed by atoms with Gasteiger partial charge in [0.15, 0.2) is 0 Å². The van der Waals surface area contributed by atoms with Gasteiger partial charge < -0.3 is 10.1 Å². The highest BCUT2D eigenvalue weighted by molar-refractivity contribution is 5.46. The molecule has 0 bridgehead atoms. The second kappa shape index (κ2) is 5.96. The monoisotopic (exact) mass is 259 g/mol. The predicted octanol–water partition coefficient (Wildman–Crippen LogP) is 3.61. The van der Waals surface area contributed by atoms with Crippen LogP contribution < -0.4 is 10.1 Å². The van der Waals surface area contributed by atoms with Crippen molar-refractivity contribution in [2.45, 2.75) is 64.5 Å². The molecule has 1 aromatic rings. The number of fused-ring (bicyclic) bond motifs is 1. The van der Waals surface area contributed by atoms with Crippen LogP contribution in [0.25, 0.3) is 0 Å². The van der Waals surface area contributed by atoms with Gasteiger partial charge in [0.05, 0.1) is 6.61 Å². The van der Waals surface area contributed by atoms with Crippen molar-refractivity contribution in [3.63, 3.8) is 0 Å². The predicted molar refractivity (Wildman–Crippen MR) is 78.7 cm³/mol. The Morgan fingerprint density at radius 2 is 2.16 bits per heavy atom. The molecule has 0 amide bonds. The third-order valence-corrected chi connectivity index (χ3v) is 4.16. The van der Waals surface area contributed by atoms with E-state index in [0.717, 1.165) is 31.4 Å². The molecule has 0 aromatic heterocycles. The Balaban J connectivity index is 1.71. The van der Waals surface area contributed by atoms with Gasteiger partial charge in [-0.3, -0.25) is 0 Å². The zero-order valence-electron chi connectivity index (χ0n) is 12.0. The van der Waals surface area contributed by atoms with E-state index >= 15 is 0 Å². The van der Waals surface area contributed by atoms with E-state index in [1.165, 1.54) is 55.2 Å². The van der Waals surface area contributed by atoms with Crippen LogP contribution >= 0.6 is 0 Å². The molecule has 104 valence electrons. The molecular formula is C17H25NO. The number of rotatable bonds is 7. The largest absolute Gasteiger partial charge is 0.493 e. The highest BCUT2D eigenvalue weighted by Gasteiger charge is 2.21. The number of hydrogen-bond acceptors (Lipinski definition) is 2. The normalized spacial score (nSPS) is 17.5. The van der Waals surface area contributed by atoms with Gasteiger partial charge in [0.1, 0.15) is 5.75 Å². The molecule has 0 saturated heterocycles. The molecule has 1 fully saturated rings. The van der Waals surface area contributed by atoms with Crippen molar-refractivity contribution in [3.05, 3.63) is 28.8 Å². The fourth-order valence-corrected chi connectivity index (χ4v) is 2.84. The fraction of sp³-hybridized carbons (Fsp3) is 0.647. The number of ether oxygens (including phenoxy) is 1. The second-order valence-electron chi connectivity index (χ2n) is 5.94. The number of nitrogens with one attached hydrogen (secondary N) is 1. The molecule has 19 heavy (non-hydrogen) atoms. The zero-order chi connectivity index (χ0) is 13.1. The van der Waals surface area contributed by atoms with Gasteiger partial charge in [0.2, 0.25) is 0 Å². The Morgan fingerprint density at radius 3 is 2.95 bits per heavy atom. The van der Waals surface area contributed by atoms with Gasteiger partial charge in [0, 0.05) is 12.6 Å². The van der Waals surface area contributed by atoms with Gasteiger partial charge >= 0.3 is 0 Å². The molecule has 1 aromatic carbocycles. The van der Waals surface area contributed by atoms with Crippen LogP contribution in [-0.4, -0.2) is 12.6 Å². The smallest absolute Gasteiger partial charge is 0.123 e. The summed E-state index contributed by atoms with van der Waals surface area (Å²) in [5, 5.41) is 3.60. The SMILES string of the molecule is CCCCOc1cc(CNC2CC2)cc2c1CCC2. The summed E-state index contributed by atoms with van der Waals surface area (Å²) in [4.78, 5) is 0. The van der Waals surface area contributed by atoms with E-state index in [-0.39, 0.29) is 0 Å². The molecule has 0 unspecified atom stereocenters. The summed E-state index contributed by atoms with van der Waals surface area (Å²) in [6, 6.07) is 5.44. The molecular weight excluding hydrogens is 234 g/mol. The summed E-state index contributed by atoms with van der Waals surface area (Å²) >= 11 is 0. The van der Waals surface area contributed by atoms with Crippen LogP contribution in [0.5, 0.6) is 5.75 Å². The van der Waals surface area contributed by atoms with E-state index in [4.69, 9.17) is 4.74 Å². The molecule has 3 rings (SSSR count). The molecule has 2 nitrogen and oxygen atoms in total. The molecule has 0 aliphatic heterocycles. The number of benzene rings is 1. The van der Waals surface area contributed by atoms with E-state index in [1.807, 2.05) is 0 Å². The maximum atomic E-state index is 6.02. The van der Waals surface area contributed by atoms with E-state index in [1.54, 1.807) is 0 Å². The number of hydrogen-bond donors (Lipinski definition) is 1. The number of aryl methyl sites for hydroxylation is 1. The van der Waals surface area contributed by atoms with Crippen LogP contribution in [0, 0.1) is 0 Å². The van der Waals surface area contributed by atoms with Crippen molar-refractivity contribution < 1.29 is 4.74 Å². The lowest BCUT2D eigenvalue weighted by Crippen LogP contribution is -2.15. The lowest BCUT2D eigenvalue weighted by molar-refractivity contribution is 0.306. The van der Waals surface area contributed by atoms with E-state index in [0.29, 0.717) is 0 Å². The maximum Gasteiger partial charge on any atom is 0.123 e. The highest BCUT2D eigenvalue weighted by Crippen LogP contribution is 2.32. The lowest BCUT2D eigenvalue weighted by Gasteiger charge is -2.13. The van der Waals surface area contributed by atoms with Gasteiger partial charge in [-0.15, -0.1) is 0 Å². The standard InChI is InChI=1S/C17H25NO/c1-2-3-9-19-17-11-13(12-18-15-7-8-15)10-14-5-4-6-16(14)17/h10-11,15,18H,2-9,12H2,1H3. The minimum atomic E-state index is 0.776. The van der Waals surface area contributed by atoms with E-state index in [2.05, 4.69) is 24.4 Å². The van der Waals surface area contributed by atoms with Gasteiger partial charge in [0.25, 0.3) is 0 Å². The van der Waals surface area contributed by atoms with Crippen LogP contribution in [0.2, 0.25) is 0 Å². The molecule has 0 radical (unpaired) electrons. The first kappa shape index (κ1) is 13.0. The summed E-state index contributed by atoms with van der Waals surface area (Å²) in [7, 11) is 0. The van der Waals surface area contributed by atoms with Gasteiger partial charge in [-0.05, 0) is 61.3 Å². The van der Waals surface area contributed by atoms with Crippen LogP contribution in [0.4, 0.5) is 0 Å². The average molecular weight is 259 g/mol. The Kier molecular flexibility index (Phi) is 4.07. The highest BCUT2D eigenvalue weighted by atomic mass is 16.5. The Labute approximate surface area is 116 Å². The molecule has 2 aliphatic carbocycles. The molecule has 1 N–H and O–H groups in total. The molecule has 0 heterocycles. The van der Waals surface area contributed by atoms with E-state index in [9.17, 15) is 0 Å². The third-order valence-electron chi connectivity index (χ3n) is 4.16. The van der Waals surface area contributed by atoms with E-state index < -0.39 is 0 Å². The Hall–Kier alpha value is -1.02. The minimum absolute atomic E-state index is 0.776. The van der Waals surface area contributed by atoms with Crippen LogP contribution in [0.3, 0.4) is 0 Å². The van der Waals surface area contributed by atoms with Crippen LogP contribution in [0.15, 0.2) is 12.1 Å². The van der Waals surface area contributed by atoms with Crippen molar-refractivity contribution in [2.24, 2.45) is 0 Å². The molecule has 2 heteroatoms. The third kappa shape index (κ3) is 3.30. The van der Waals surface area contributed by atoms with Crippen molar-refractivity contribution in [1.29, 1.82) is 0 Å². The molecule has 0 atom stereocenters. The fourth-order valence-electron chi connectivity index (χ4n) is 2.84. The summed E-state index contributed by atoms with van der Waals surface area (Å²) < 4.78 is 6.02. The summed E-state index contributed by atoms with van der Waals surface area (Å²) in [6.45, 7) is 4.08. The van der Waals surface area contributed by atoms with Crippen molar-refractivity contribution in [1.82, 2.24) is 5.32 Å². The Morgan fingerprint density at radius 1 is 1.26 bits per heavy atom. The summed E-state index contributed by atoms with van der Waals surface area (Å²) in [5.41, 5.74) is 4.41. The maximum absolute atomic E-state index is 6.02. The lowest BCUT2D eigenvalue weighted by atomic mass is 10.0. The second-order valence-corrected chi connectivity index (χ2v) is 5.94. The summed E-state index contributed by atoms with van der Waals surface area (Å²) in [6.07, 6.45) is 8.78. The van der Waals surface area contributed by atoms with Crippen LogP contribution in [-0.2, 0) is 19.4 Å². The zero-order valence-corrected chi connectivity index (χ0v) is 12.0. The first-order chi connectivity index (χ1) is 9.36. The van der Waals surface area contributed by atoms with Gasteiger partial charge in [-0.2, -0.15) is 0 Å². The quantitative estimate of drug-likeness (QED) is 0.755. The molecule has 1 saturated carbocycles. The topological polar surface area (TPSA) is 21.3 Å². The average Bonchev–Trinajstić information content (AvgIpc) is 3.13. The Bertz CT molecular complexity index is 437. The first-order valence-electron chi connectivity index (χ1n) is 7.87. The molecule has 2 aliphatic rings. The van der Waals surface area contributed by atoms with Gasteiger partial charge in [-0.1, -0.05) is 19.4 Å². The minimum Gasteiger partial charge on any atom is -0.493 e. The van der Waals surface area contributed by atoms with Gasteiger partial charge in [-0.25, -0.2) is 0 Å². The molecule has 0 spiro atoms. The summed E-state index contributed by atoms with van der Waals surface area (Å²) in [5.74, 6) is 1.16.